The molecule has 1 heterocycles. The molecule has 0 aliphatic rings. The lowest BCUT2D eigenvalue weighted by molar-refractivity contribution is 0.0946. The minimum Gasteiger partial charge on any atom is -0.497 e. The molecular weight excluding hydrogens is 332 g/mol. The van der Waals surface area contributed by atoms with Crippen molar-refractivity contribution < 1.29 is 14.3 Å². The van der Waals surface area contributed by atoms with Crippen molar-refractivity contribution in [2.45, 2.75) is 6.42 Å². The molecule has 0 atom stereocenters. The van der Waals surface area contributed by atoms with Gasteiger partial charge in [0.1, 0.15) is 17.2 Å². The molecule has 0 bridgehead atoms. The van der Waals surface area contributed by atoms with Crippen LogP contribution in [0.2, 0.25) is 0 Å². The van der Waals surface area contributed by atoms with Gasteiger partial charge in [0.15, 0.2) is 0 Å². The predicted octanol–water partition coefficient (Wildman–Crippen LogP) is 2.74. The molecule has 0 aliphatic carbocycles. The molecule has 0 radical (unpaired) electrons. The van der Waals surface area contributed by atoms with E-state index in [1.807, 2.05) is 36.4 Å². The molecule has 134 valence electrons. The molecule has 0 saturated heterocycles. The summed E-state index contributed by atoms with van der Waals surface area (Å²) < 4.78 is 10.7. The van der Waals surface area contributed by atoms with Crippen molar-refractivity contribution in [2.75, 3.05) is 20.3 Å². The second-order valence-corrected chi connectivity index (χ2v) is 5.73. The van der Waals surface area contributed by atoms with Crippen molar-refractivity contribution in [1.29, 1.82) is 0 Å². The van der Waals surface area contributed by atoms with E-state index in [1.165, 1.54) is 0 Å². The summed E-state index contributed by atoms with van der Waals surface area (Å²) in [6.45, 7) is 0.921. The molecule has 26 heavy (non-hydrogen) atoms. The van der Waals surface area contributed by atoms with Crippen molar-refractivity contribution in [3.8, 4) is 11.5 Å². The zero-order valence-corrected chi connectivity index (χ0v) is 14.5. The lowest BCUT2D eigenvalue weighted by atomic mass is 10.1. The number of rotatable bonds is 7. The maximum atomic E-state index is 12.2. The summed E-state index contributed by atoms with van der Waals surface area (Å²) in [6.07, 6.45) is 0.648. The maximum absolute atomic E-state index is 12.2. The number of aromatic nitrogens is 1. The first-order valence-electron chi connectivity index (χ1n) is 8.34. The number of carbonyl (C=O) groups is 1. The Morgan fingerprint density at radius 2 is 1.81 bits per heavy atom. The Balaban J connectivity index is 1.49. The molecule has 3 rings (SSSR count). The number of carbonyl (C=O) groups excluding carboxylic acids is 1. The van der Waals surface area contributed by atoms with Gasteiger partial charge in [0.25, 0.3) is 11.5 Å². The van der Waals surface area contributed by atoms with E-state index < -0.39 is 0 Å². The monoisotopic (exact) mass is 352 g/mol. The summed E-state index contributed by atoms with van der Waals surface area (Å²) >= 11 is 0. The zero-order chi connectivity index (χ0) is 18.4. The van der Waals surface area contributed by atoms with Crippen molar-refractivity contribution in [2.24, 2.45) is 0 Å². The van der Waals surface area contributed by atoms with E-state index in [9.17, 15) is 9.59 Å². The molecule has 3 aromatic rings. The van der Waals surface area contributed by atoms with Crippen molar-refractivity contribution in [3.05, 3.63) is 70.6 Å². The van der Waals surface area contributed by atoms with Crippen LogP contribution in [0.4, 0.5) is 0 Å². The van der Waals surface area contributed by atoms with Gasteiger partial charge in [-0.05, 0) is 48.2 Å². The number of nitrogens with one attached hydrogen (secondary N) is 2. The largest absolute Gasteiger partial charge is 0.497 e. The van der Waals surface area contributed by atoms with Gasteiger partial charge >= 0.3 is 0 Å². The van der Waals surface area contributed by atoms with E-state index in [0.29, 0.717) is 25.0 Å². The SMILES string of the molecule is COc1ccc(OCCCNC(=O)c2cc3ccccc3c(=O)[nH]2)cc1. The molecule has 1 amide bonds. The van der Waals surface area contributed by atoms with Crippen LogP contribution >= 0.6 is 0 Å². The highest BCUT2D eigenvalue weighted by Gasteiger charge is 2.08. The summed E-state index contributed by atoms with van der Waals surface area (Å²) in [5.74, 6) is 1.21. The Morgan fingerprint density at radius 1 is 1.08 bits per heavy atom. The van der Waals surface area contributed by atoms with Crippen LogP contribution in [0.5, 0.6) is 11.5 Å². The number of amides is 1. The number of fused-ring (bicyclic) bond motifs is 1. The Hall–Kier alpha value is -3.28. The molecule has 0 unspecified atom stereocenters. The molecule has 0 spiro atoms. The molecule has 2 N–H and O–H groups in total. The second kappa shape index (κ2) is 8.20. The fourth-order valence-corrected chi connectivity index (χ4v) is 2.56. The van der Waals surface area contributed by atoms with Crippen molar-refractivity contribution in [3.63, 3.8) is 0 Å². The molecule has 0 aliphatic heterocycles. The summed E-state index contributed by atoms with van der Waals surface area (Å²) in [7, 11) is 1.61. The van der Waals surface area contributed by atoms with E-state index >= 15 is 0 Å². The zero-order valence-electron chi connectivity index (χ0n) is 14.5. The molecule has 0 saturated carbocycles. The summed E-state index contributed by atoms with van der Waals surface area (Å²) in [4.78, 5) is 26.8. The quantitative estimate of drug-likeness (QED) is 0.641. The molecule has 2 aromatic carbocycles. The fourth-order valence-electron chi connectivity index (χ4n) is 2.56. The second-order valence-electron chi connectivity index (χ2n) is 5.73. The average Bonchev–Trinajstić information content (AvgIpc) is 2.68. The summed E-state index contributed by atoms with van der Waals surface area (Å²) in [5, 5.41) is 4.09. The summed E-state index contributed by atoms with van der Waals surface area (Å²) in [5.41, 5.74) is -0.0131. The smallest absolute Gasteiger partial charge is 0.267 e. The van der Waals surface area contributed by atoms with Gasteiger partial charge in [0, 0.05) is 11.9 Å². The van der Waals surface area contributed by atoms with Crippen LogP contribution in [0.3, 0.4) is 0 Å². The number of aromatic amines is 1. The van der Waals surface area contributed by atoms with E-state index in [-0.39, 0.29) is 17.2 Å². The van der Waals surface area contributed by atoms with E-state index in [4.69, 9.17) is 9.47 Å². The van der Waals surface area contributed by atoms with Gasteiger partial charge in [0.05, 0.1) is 13.7 Å². The molecular formula is C20H20N2O4. The summed E-state index contributed by atoms with van der Waals surface area (Å²) in [6, 6.07) is 16.2. The van der Waals surface area contributed by atoms with Gasteiger partial charge < -0.3 is 19.8 Å². The lowest BCUT2D eigenvalue weighted by Crippen LogP contribution is -2.28. The fraction of sp³-hybridized carbons (Fsp3) is 0.200. The first-order chi connectivity index (χ1) is 12.7. The number of benzene rings is 2. The number of pyridine rings is 1. The van der Waals surface area contributed by atoms with E-state index in [0.717, 1.165) is 16.9 Å². The Morgan fingerprint density at radius 3 is 2.58 bits per heavy atom. The van der Waals surface area contributed by atoms with Crippen LogP contribution in [0, 0.1) is 0 Å². The van der Waals surface area contributed by atoms with Gasteiger partial charge in [-0.1, -0.05) is 18.2 Å². The number of ether oxygens (including phenoxy) is 2. The van der Waals surface area contributed by atoms with Gasteiger partial charge in [-0.25, -0.2) is 0 Å². The molecule has 6 nitrogen and oxygen atoms in total. The van der Waals surface area contributed by atoms with Gasteiger partial charge in [-0.3, -0.25) is 9.59 Å². The van der Waals surface area contributed by atoms with Crippen LogP contribution in [0.15, 0.2) is 59.4 Å². The third kappa shape index (κ3) is 4.22. The minimum atomic E-state index is -0.308. The number of hydrogen-bond donors (Lipinski definition) is 2. The van der Waals surface area contributed by atoms with E-state index in [2.05, 4.69) is 10.3 Å². The number of hydrogen-bond acceptors (Lipinski definition) is 4. The van der Waals surface area contributed by atoms with E-state index in [1.54, 1.807) is 25.3 Å². The van der Waals surface area contributed by atoms with Gasteiger partial charge in [-0.15, -0.1) is 0 Å². The first kappa shape index (κ1) is 17.5. The Labute approximate surface area is 150 Å². The third-order valence-electron chi connectivity index (χ3n) is 3.93. The topological polar surface area (TPSA) is 80.4 Å². The van der Waals surface area contributed by atoms with Crippen LogP contribution in [-0.2, 0) is 0 Å². The van der Waals surface area contributed by atoms with Crippen LogP contribution < -0.4 is 20.3 Å². The normalized spacial score (nSPS) is 10.5. The first-order valence-corrected chi connectivity index (χ1v) is 8.34. The Bertz CT molecular complexity index is 948. The van der Waals surface area contributed by atoms with Crippen molar-refractivity contribution >= 4 is 16.7 Å². The highest BCUT2D eigenvalue weighted by molar-refractivity contribution is 5.96. The van der Waals surface area contributed by atoms with Crippen LogP contribution in [0.25, 0.3) is 10.8 Å². The maximum Gasteiger partial charge on any atom is 0.267 e. The molecule has 1 aromatic heterocycles. The lowest BCUT2D eigenvalue weighted by Gasteiger charge is -2.08. The van der Waals surface area contributed by atoms with Crippen molar-refractivity contribution in [1.82, 2.24) is 10.3 Å². The average molecular weight is 352 g/mol. The van der Waals surface area contributed by atoms with Gasteiger partial charge in [-0.2, -0.15) is 0 Å². The number of H-pyrrole nitrogens is 1. The Kier molecular flexibility index (Phi) is 5.53. The standard InChI is InChI=1S/C20H20N2O4/c1-25-15-7-9-16(10-8-15)26-12-4-11-21-20(24)18-13-14-5-2-3-6-17(14)19(23)22-18/h2-3,5-10,13H,4,11-12H2,1H3,(H,21,24)(H,22,23). The number of methoxy groups -OCH3 is 1. The highest BCUT2D eigenvalue weighted by atomic mass is 16.5. The van der Waals surface area contributed by atoms with Gasteiger partial charge in [0.2, 0.25) is 0 Å². The minimum absolute atomic E-state index is 0.254. The predicted molar refractivity (Wildman–Crippen MR) is 100 cm³/mol. The third-order valence-corrected chi connectivity index (χ3v) is 3.93. The van der Waals surface area contributed by atoms with Crippen LogP contribution in [-0.4, -0.2) is 31.2 Å². The molecule has 6 heteroatoms. The molecule has 0 fully saturated rings. The van der Waals surface area contributed by atoms with Crippen LogP contribution in [0.1, 0.15) is 16.9 Å². The highest BCUT2D eigenvalue weighted by Crippen LogP contribution is 2.17.